The normalized spacial score (nSPS) is 20.6. The Bertz CT molecular complexity index is 1050. The lowest BCUT2D eigenvalue weighted by atomic mass is 9.94. The molecule has 1 fully saturated rings. The van der Waals surface area contributed by atoms with Crippen LogP contribution >= 0.6 is 22.9 Å². The minimum Gasteiger partial charge on any atom is -0.339 e. The summed E-state index contributed by atoms with van der Waals surface area (Å²) in [5.41, 5.74) is 1.12. The van der Waals surface area contributed by atoms with E-state index in [-0.39, 0.29) is 17.0 Å². The number of thiophene rings is 1. The molecule has 1 N–H and O–H groups in total. The fourth-order valence-corrected chi connectivity index (χ4v) is 6.05. The van der Waals surface area contributed by atoms with Crippen LogP contribution < -0.4 is 5.32 Å². The van der Waals surface area contributed by atoms with Gasteiger partial charge in [0.25, 0.3) is 10.0 Å². The van der Waals surface area contributed by atoms with Gasteiger partial charge < -0.3 is 9.88 Å². The Morgan fingerprint density at radius 1 is 1.25 bits per heavy atom. The number of imidazole rings is 1. The average molecular weight is 437 g/mol. The molecule has 3 aromatic rings. The zero-order valence-electron chi connectivity index (χ0n) is 15.3. The highest BCUT2D eigenvalue weighted by atomic mass is 35.5. The van der Waals surface area contributed by atoms with Crippen LogP contribution in [0.2, 0.25) is 5.02 Å². The molecular weight excluding hydrogens is 416 g/mol. The van der Waals surface area contributed by atoms with Crippen molar-refractivity contribution in [2.45, 2.75) is 23.5 Å². The summed E-state index contributed by atoms with van der Waals surface area (Å²) in [6.07, 6.45) is 3.05. The van der Waals surface area contributed by atoms with Gasteiger partial charge in [0.1, 0.15) is 0 Å². The molecule has 1 aliphatic heterocycles. The van der Waals surface area contributed by atoms with Gasteiger partial charge in [-0.05, 0) is 17.0 Å². The van der Waals surface area contributed by atoms with Gasteiger partial charge in [-0.25, -0.2) is 13.4 Å². The van der Waals surface area contributed by atoms with Crippen molar-refractivity contribution in [2.75, 3.05) is 13.1 Å². The molecule has 0 amide bonds. The van der Waals surface area contributed by atoms with E-state index in [0.717, 1.165) is 15.5 Å². The average Bonchev–Trinajstić information content (AvgIpc) is 3.41. The van der Waals surface area contributed by atoms with Crippen LogP contribution in [0.5, 0.6) is 0 Å². The second-order valence-corrected chi connectivity index (χ2v) is 10.2. The predicted octanol–water partition coefficient (Wildman–Crippen LogP) is 3.08. The Balaban J connectivity index is 1.58. The number of nitrogens with zero attached hydrogens (tertiary/aromatic N) is 3. The number of hydrogen-bond donors (Lipinski definition) is 1. The zero-order chi connectivity index (χ0) is 19.7. The molecule has 0 aliphatic carbocycles. The summed E-state index contributed by atoms with van der Waals surface area (Å²) < 4.78 is 29.3. The summed E-state index contributed by atoms with van der Waals surface area (Å²) in [5, 5.41) is 6.31. The third-order valence-corrected chi connectivity index (χ3v) is 8.12. The SMILES string of the molecule is Cn1cnc(S(=O)(=O)N2CC(NCc3sccc3Cl)C(c3ccccc3)C2)c1. The Labute approximate surface area is 173 Å². The molecule has 2 atom stereocenters. The number of sulfonamides is 1. The van der Waals surface area contributed by atoms with E-state index in [1.165, 1.54) is 10.6 Å². The van der Waals surface area contributed by atoms with Crippen LogP contribution in [0.25, 0.3) is 0 Å². The fraction of sp³-hybridized carbons (Fsp3) is 0.316. The molecular formula is C19H21ClN4O2S2. The van der Waals surface area contributed by atoms with E-state index >= 15 is 0 Å². The quantitative estimate of drug-likeness (QED) is 0.644. The summed E-state index contributed by atoms with van der Waals surface area (Å²) in [4.78, 5) is 5.11. The van der Waals surface area contributed by atoms with E-state index in [1.807, 2.05) is 41.8 Å². The maximum Gasteiger partial charge on any atom is 0.262 e. The highest BCUT2D eigenvalue weighted by molar-refractivity contribution is 7.89. The van der Waals surface area contributed by atoms with Crippen molar-refractivity contribution in [3.8, 4) is 0 Å². The number of rotatable bonds is 6. The minimum absolute atomic E-state index is 0.0148. The third-order valence-electron chi connectivity index (χ3n) is 5.02. The smallest absolute Gasteiger partial charge is 0.262 e. The van der Waals surface area contributed by atoms with E-state index in [0.29, 0.717) is 19.6 Å². The summed E-state index contributed by atoms with van der Waals surface area (Å²) >= 11 is 7.81. The van der Waals surface area contributed by atoms with Gasteiger partial charge in [0.05, 0.1) is 11.3 Å². The molecule has 2 unspecified atom stereocenters. The molecule has 1 saturated heterocycles. The minimum atomic E-state index is -3.63. The number of aromatic nitrogens is 2. The van der Waals surface area contributed by atoms with Crippen molar-refractivity contribution in [1.29, 1.82) is 0 Å². The monoisotopic (exact) mass is 436 g/mol. The summed E-state index contributed by atoms with van der Waals surface area (Å²) in [6.45, 7) is 1.42. The first kappa shape index (κ1) is 19.6. The van der Waals surface area contributed by atoms with Gasteiger partial charge in [0.15, 0.2) is 5.03 Å². The van der Waals surface area contributed by atoms with Gasteiger partial charge in [0.2, 0.25) is 0 Å². The van der Waals surface area contributed by atoms with Crippen molar-refractivity contribution in [1.82, 2.24) is 19.2 Å². The molecule has 0 spiro atoms. The Morgan fingerprint density at radius 3 is 2.68 bits per heavy atom. The zero-order valence-corrected chi connectivity index (χ0v) is 17.7. The van der Waals surface area contributed by atoms with Crippen molar-refractivity contribution < 1.29 is 8.42 Å². The lowest BCUT2D eigenvalue weighted by molar-refractivity contribution is 0.454. The first-order valence-electron chi connectivity index (χ1n) is 8.93. The van der Waals surface area contributed by atoms with Crippen molar-refractivity contribution in [3.05, 3.63) is 69.8 Å². The van der Waals surface area contributed by atoms with Crippen molar-refractivity contribution in [2.24, 2.45) is 7.05 Å². The highest BCUT2D eigenvalue weighted by Gasteiger charge is 2.40. The maximum atomic E-state index is 13.1. The van der Waals surface area contributed by atoms with Crippen LogP contribution in [-0.2, 0) is 23.6 Å². The number of halogens is 1. The van der Waals surface area contributed by atoms with Gasteiger partial charge in [-0.1, -0.05) is 41.9 Å². The Kier molecular flexibility index (Phi) is 5.57. The van der Waals surface area contributed by atoms with E-state index < -0.39 is 10.0 Å². The number of benzene rings is 1. The van der Waals surface area contributed by atoms with Crippen LogP contribution in [0.15, 0.2) is 59.3 Å². The fourth-order valence-electron chi connectivity index (χ4n) is 3.54. The van der Waals surface area contributed by atoms with Crippen LogP contribution in [0, 0.1) is 0 Å². The molecule has 9 heteroatoms. The number of aryl methyl sites for hydroxylation is 1. The molecule has 1 aromatic carbocycles. The van der Waals surface area contributed by atoms with Gasteiger partial charge in [-0.3, -0.25) is 0 Å². The van der Waals surface area contributed by atoms with Crippen molar-refractivity contribution in [3.63, 3.8) is 0 Å². The second-order valence-electron chi connectivity index (χ2n) is 6.90. The van der Waals surface area contributed by atoms with Gasteiger partial charge in [-0.15, -0.1) is 11.3 Å². The van der Waals surface area contributed by atoms with Crippen LogP contribution in [0.1, 0.15) is 16.4 Å². The molecule has 2 aromatic heterocycles. The van der Waals surface area contributed by atoms with Crippen LogP contribution in [0.3, 0.4) is 0 Å². The molecule has 0 radical (unpaired) electrons. The molecule has 28 heavy (non-hydrogen) atoms. The van der Waals surface area contributed by atoms with E-state index in [2.05, 4.69) is 10.3 Å². The Morgan fingerprint density at radius 2 is 2.04 bits per heavy atom. The maximum absolute atomic E-state index is 13.1. The molecule has 6 nitrogen and oxygen atoms in total. The molecule has 0 bridgehead atoms. The Hall–Kier alpha value is -1.71. The van der Waals surface area contributed by atoms with E-state index in [9.17, 15) is 8.42 Å². The van der Waals surface area contributed by atoms with Gasteiger partial charge >= 0.3 is 0 Å². The largest absolute Gasteiger partial charge is 0.339 e. The van der Waals surface area contributed by atoms with Crippen molar-refractivity contribution >= 4 is 33.0 Å². The predicted molar refractivity (Wildman–Crippen MR) is 111 cm³/mol. The topological polar surface area (TPSA) is 67.2 Å². The first-order chi connectivity index (χ1) is 13.4. The standard InChI is InChI=1S/C19H21ClN4O2S2/c1-23-12-19(22-13-23)28(25,26)24-10-15(14-5-3-2-4-6-14)17(11-24)21-9-18-16(20)7-8-27-18/h2-8,12-13,15,17,21H,9-11H2,1H3. The van der Waals surface area contributed by atoms with Gasteiger partial charge in [0, 0.05) is 49.7 Å². The summed E-state index contributed by atoms with van der Waals surface area (Å²) in [7, 11) is -1.87. The molecule has 3 heterocycles. The molecule has 4 rings (SSSR count). The lowest BCUT2D eigenvalue weighted by Crippen LogP contribution is -2.36. The second kappa shape index (κ2) is 7.96. The molecule has 1 aliphatic rings. The lowest BCUT2D eigenvalue weighted by Gasteiger charge is -2.20. The van der Waals surface area contributed by atoms with Crippen LogP contribution in [0.4, 0.5) is 0 Å². The molecule has 148 valence electrons. The number of nitrogens with one attached hydrogen (secondary N) is 1. The van der Waals surface area contributed by atoms with E-state index in [1.54, 1.807) is 29.1 Å². The van der Waals surface area contributed by atoms with Crippen LogP contribution in [-0.4, -0.2) is 41.4 Å². The number of hydrogen-bond acceptors (Lipinski definition) is 5. The van der Waals surface area contributed by atoms with Gasteiger partial charge in [-0.2, -0.15) is 4.31 Å². The summed E-state index contributed by atoms with van der Waals surface area (Å²) in [6, 6.07) is 11.9. The highest BCUT2D eigenvalue weighted by Crippen LogP contribution is 2.32. The first-order valence-corrected chi connectivity index (χ1v) is 11.6. The molecule has 0 saturated carbocycles. The third kappa shape index (κ3) is 3.88. The summed E-state index contributed by atoms with van der Waals surface area (Å²) in [5.74, 6) is 0.0541. The van der Waals surface area contributed by atoms with E-state index in [4.69, 9.17) is 11.6 Å².